The van der Waals surface area contributed by atoms with E-state index in [0.29, 0.717) is 0 Å². The average Bonchev–Trinajstić information content (AvgIpc) is 2.98. The average molecular weight is 272 g/mol. The van der Waals surface area contributed by atoms with E-state index < -0.39 is 0 Å². The van der Waals surface area contributed by atoms with Crippen LogP contribution in [0.25, 0.3) is 0 Å². The number of rotatable bonds is 3. The zero-order valence-corrected chi connectivity index (χ0v) is 11.0. The van der Waals surface area contributed by atoms with Crippen LogP contribution in [-0.2, 0) is 17.1 Å². The minimum atomic E-state index is 0. The molecule has 0 spiro atoms. The van der Waals surface area contributed by atoms with Gasteiger partial charge in [-0.3, -0.25) is 0 Å². The van der Waals surface area contributed by atoms with E-state index >= 15 is 0 Å². The van der Waals surface area contributed by atoms with E-state index in [0.717, 1.165) is 18.5 Å². The summed E-state index contributed by atoms with van der Waals surface area (Å²) >= 11 is 0. The molecule has 2 N–H and O–H groups in total. The van der Waals surface area contributed by atoms with Crippen LogP contribution in [0, 0.1) is 0 Å². The van der Waals surface area contributed by atoms with E-state index in [4.69, 9.17) is 0 Å². The van der Waals surface area contributed by atoms with Crippen molar-refractivity contribution >= 4 is 0 Å². The van der Waals surface area contributed by atoms with Gasteiger partial charge in [0.1, 0.15) is 0 Å². The molecule has 1 aromatic rings. The van der Waals surface area contributed by atoms with Gasteiger partial charge in [0.15, 0.2) is 5.88 Å². The second kappa shape index (κ2) is 9.88. The SMILES string of the molecule is CCCNC(O)=C1C=CC=C1.[Fe].c1cc[cH-]c1. The molecule has 0 aliphatic heterocycles. The van der Waals surface area contributed by atoms with Crippen molar-refractivity contribution in [3.8, 4) is 0 Å². The Morgan fingerprint density at radius 1 is 1.24 bits per heavy atom. The second-order valence-corrected chi connectivity index (χ2v) is 3.41. The predicted octanol–water partition coefficient (Wildman–Crippen LogP) is 3.28. The summed E-state index contributed by atoms with van der Waals surface area (Å²) in [7, 11) is 0. The number of hydrogen-bond acceptors (Lipinski definition) is 2. The van der Waals surface area contributed by atoms with E-state index in [1.54, 1.807) is 0 Å². The minimum absolute atomic E-state index is 0. The van der Waals surface area contributed by atoms with Gasteiger partial charge in [-0.2, -0.15) is 18.2 Å². The van der Waals surface area contributed by atoms with E-state index in [1.807, 2.05) is 54.6 Å². The topological polar surface area (TPSA) is 32.3 Å². The molecular formula is C14H18FeNO-. The van der Waals surface area contributed by atoms with Gasteiger partial charge in [-0.15, -0.1) is 0 Å². The summed E-state index contributed by atoms with van der Waals surface area (Å²) in [6, 6.07) is 10.0. The van der Waals surface area contributed by atoms with Crippen molar-refractivity contribution < 1.29 is 22.2 Å². The molecule has 1 aliphatic carbocycles. The van der Waals surface area contributed by atoms with E-state index in [2.05, 4.69) is 12.2 Å². The van der Waals surface area contributed by atoms with Crippen molar-refractivity contribution in [2.45, 2.75) is 13.3 Å². The number of aliphatic hydroxyl groups is 1. The van der Waals surface area contributed by atoms with Crippen LogP contribution < -0.4 is 5.32 Å². The molecule has 0 radical (unpaired) electrons. The van der Waals surface area contributed by atoms with Gasteiger partial charge >= 0.3 is 0 Å². The Balaban J connectivity index is 0.000000360. The van der Waals surface area contributed by atoms with E-state index in [1.165, 1.54) is 0 Å². The van der Waals surface area contributed by atoms with Gasteiger partial charge in [-0.1, -0.05) is 19.1 Å². The van der Waals surface area contributed by atoms with Crippen molar-refractivity contribution in [2.24, 2.45) is 0 Å². The number of hydrogen-bond donors (Lipinski definition) is 2. The first-order chi connectivity index (χ1) is 7.84. The normalized spacial score (nSPS) is 11.5. The van der Waals surface area contributed by atoms with Gasteiger partial charge in [0, 0.05) is 29.2 Å². The zero-order valence-electron chi connectivity index (χ0n) is 9.91. The van der Waals surface area contributed by atoms with Crippen molar-refractivity contribution in [1.29, 1.82) is 0 Å². The molecule has 0 unspecified atom stereocenters. The van der Waals surface area contributed by atoms with Crippen LogP contribution in [-0.4, -0.2) is 11.7 Å². The quantitative estimate of drug-likeness (QED) is 0.503. The summed E-state index contributed by atoms with van der Waals surface area (Å²) in [5.74, 6) is 0.275. The van der Waals surface area contributed by atoms with Crippen LogP contribution in [0.2, 0.25) is 0 Å². The first-order valence-corrected chi connectivity index (χ1v) is 5.53. The molecule has 0 heterocycles. The summed E-state index contributed by atoms with van der Waals surface area (Å²) in [6.07, 6.45) is 8.57. The zero-order chi connectivity index (χ0) is 11.6. The fourth-order valence-corrected chi connectivity index (χ4v) is 1.20. The molecule has 17 heavy (non-hydrogen) atoms. The molecule has 2 rings (SSSR count). The van der Waals surface area contributed by atoms with Crippen LogP contribution in [0.3, 0.4) is 0 Å². The summed E-state index contributed by atoms with van der Waals surface area (Å²) in [5.41, 5.74) is 0.860. The van der Waals surface area contributed by atoms with Gasteiger partial charge in [0.05, 0.1) is 0 Å². The third-order valence-electron chi connectivity index (χ3n) is 2.03. The molecule has 1 aromatic carbocycles. The fourth-order valence-electron chi connectivity index (χ4n) is 1.20. The van der Waals surface area contributed by atoms with E-state index in [-0.39, 0.29) is 23.0 Å². The molecule has 0 aromatic heterocycles. The Bertz CT molecular complexity index is 332. The number of nitrogens with one attached hydrogen (secondary N) is 1. The van der Waals surface area contributed by atoms with Gasteiger partial charge < -0.3 is 10.4 Å². The largest absolute Gasteiger partial charge is 0.494 e. The molecule has 2 nitrogen and oxygen atoms in total. The summed E-state index contributed by atoms with van der Waals surface area (Å²) in [4.78, 5) is 0. The maximum atomic E-state index is 9.35. The Morgan fingerprint density at radius 3 is 2.24 bits per heavy atom. The fraction of sp³-hybridized carbons (Fsp3) is 0.214. The number of aliphatic hydroxyl groups excluding tert-OH is 1. The van der Waals surface area contributed by atoms with Crippen LogP contribution in [0.15, 0.2) is 66.1 Å². The van der Waals surface area contributed by atoms with Gasteiger partial charge in [-0.05, 0) is 18.6 Å². The molecule has 0 amide bonds. The maximum absolute atomic E-state index is 9.35. The molecule has 3 heteroatoms. The molecular weight excluding hydrogens is 254 g/mol. The second-order valence-electron chi connectivity index (χ2n) is 3.41. The molecule has 0 fully saturated rings. The standard InChI is InChI=1S/C9H13NO.C5H5.Fe/c1-2-7-10-9(11)8-5-3-4-6-8;1-2-4-5-3-1;/h3-6,10-11H,2,7H2,1H3;1-5H;/q;-1;. The van der Waals surface area contributed by atoms with Gasteiger partial charge in [0.2, 0.25) is 0 Å². The van der Waals surface area contributed by atoms with Crippen molar-refractivity contribution in [1.82, 2.24) is 5.32 Å². The number of allylic oxidation sites excluding steroid dienone is 5. The predicted molar refractivity (Wildman–Crippen MR) is 68.3 cm³/mol. The molecule has 94 valence electrons. The molecule has 0 bridgehead atoms. The van der Waals surface area contributed by atoms with Gasteiger partial charge in [0.25, 0.3) is 0 Å². The molecule has 0 atom stereocenters. The first-order valence-electron chi connectivity index (χ1n) is 5.53. The molecule has 0 saturated heterocycles. The first kappa shape index (κ1) is 15.7. The smallest absolute Gasteiger partial charge is 0.191 e. The summed E-state index contributed by atoms with van der Waals surface area (Å²) in [5, 5.41) is 12.3. The maximum Gasteiger partial charge on any atom is 0.191 e. The van der Waals surface area contributed by atoms with Crippen LogP contribution in [0.1, 0.15) is 13.3 Å². The van der Waals surface area contributed by atoms with Gasteiger partial charge in [-0.25, -0.2) is 12.1 Å². The van der Waals surface area contributed by atoms with Crippen molar-refractivity contribution in [2.75, 3.05) is 6.54 Å². The Morgan fingerprint density at radius 2 is 1.82 bits per heavy atom. The summed E-state index contributed by atoms with van der Waals surface area (Å²) < 4.78 is 0. The minimum Gasteiger partial charge on any atom is -0.494 e. The van der Waals surface area contributed by atoms with E-state index in [9.17, 15) is 5.11 Å². The van der Waals surface area contributed by atoms with Crippen LogP contribution in [0.5, 0.6) is 0 Å². The third kappa shape index (κ3) is 6.77. The summed E-state index contributed by atoms with van der Waals surface area (Å²) in [6.45, 7) is 2.88. The molecule has 0 saturated carbocycles. The third-order valence-corrected chi connectivity index (χ3v) is 2.03. The monoisotopic (exact) mass is 272 g/mol. The molecule has 1 aliphatic rings. The van der Waals surface area contributed by atoms with Crippen molar-refractivity contribution in [3.63, 3.8) is 0 Å². The Labute approximate surface area is 114 Å². The Hall–Kier alpha value is -1.31. The van der Waals surface area contributed by atoms with Crippen molar-refractivity contribution in [3.05, 3.63) is 66.1 Å². The van der Waals surface area contributed by atoms with Crippen LogP contribution in [0.4, 0.5) is 0 Å². The van der Waals surface area contributed by atoms with Crippen LogP contribution >= 0.6 is 0 Å². The Kier molecular flexibility index (Phi) is 9.12.